The topological polar surface area (TPSA) is 78.9 Å². The summed E-state index contributed by atoms with van der Waals surface area (Å²) in [5.74, 6) is -1.03. The Morgan fingerprint density at radius 3 is 0.867 bits per heavy atom. The van der Waals surface area contributed by atoms with Gasteiger partial charge in [0.25, 0.3) is 0 Å². The SMILES string of the molecule is CC\C=C/C=C\C=C/C=C\C=C\C=C/C=C\CCCCCC(=O)OCC(COC(=O)CCCCCCCCC/C=C\CCCCCCCCCC)OC(=O)CCCCC\C=C/C=C\C=C\C=C/C=C\C=C/C=C\CC. The van der Waals surface area contributed by atoms with Gasteiger partial charge in [-0.3, -0.25) is 14.4 Å². The molecular weight excluding hydrogens is 925 g/mol. The van der Waals surface area contributed by atoms with Crippen molar-refractivity contribution in [2.75, 3.05) is 13.2 Å². The van der Waals surface area contributed by atoms with Gasteiger partial charge in [-0.1, -0.05) is 293 Å². The lowest BCUT2D eigenvalue weighted by Gasteiger charge is -2.18. The molecular formula is C69H104O6. The smallest absolute Gasteiger partial charge is 0.306 e. The Morgan fingerprint density at radius 1 is 0.280 bits per heavy atom. The van der Waals surface area contributed by atoms with Crippen LogP contribution in [0, 0.1) is 0 Å². The molecule has 0 saturated heterocycles. The number of esters is 3. The first-order valence-corrected chi connectivity index (χ1v) is 29.5. The molecule has 0 rings (SSSR count). The third-order valence-corrected chi connectivity index (χ3v) is 11.8. The van der Waals surface area contributed by atoms with Crippen LogP contribution in [0.15, 0.2) is 182 Å². The molecule has 0 aromatic carbocycles. The quantitative estimate of drug-likeness (QED) is 0.0199. The molecule has 0 heterocycles. The zero-order valence-corrected chi connectivity index (χ0v) is 47.5. The van der Waals surface area contributed by atoms with Crippen molar-refractivity contribution in [3.8, 4) is 0 Å². The second-order valence-corrected chi connectivity index (χ2v) is 18.8. The highest BCUT2D eigenvalue weighted by molar-refractivity contribution is 5.71. The van der Waals surface area contributed by atoms with Crippen LogP contribution in [0.2, 0.25) is 0 Å². The highest BCUT2D eigenvalue weighted by Gasteiger charge is 2.19. The van der Waals surface area contributed by atoms with Crippen LogP contribution >= 0.6 is 0 Å². The Labute approximate surface area is 459 Å². The molecule has 0 radical (unpaired) electrons. The number of carbonyl (C=O) groups excluding carboxylic acids is 3. The normalized spacial score (nSPS) is 13.5. The van der Waals surface area contributed by atoms with E-state index in [4.69, 9.17) is 14.2 Å². The van der Waals surface area contributed by atoms with Gasteiger partial charge in [0.2, 0.25) is 0 Å². The summed E-state index contributed by atoms with van der Waals surface area (Å²) in [7, 11) is 0. The predicted molar refractivity (Wildman–Crippen MR) is 324 cm³/mol. The Bertz CT molecular complexity index is 1800. The average molecular weight is 1030 g/mol. The van der Waals surface area contributed by atoms with E-state index in [0.717, 1.165) is 70.6 Å². The van der Waals surface area contributed by atoms with Crippen LogP contribution in [0.25, 0.3) is 0 Å². The van der Waals surface area contributed by atoms with E-state index in [0.29, 0.717) is 19.3 Å². The minimum atomic E-state index is -0.836. The largest absolute Gasteiger partial charge is 0.462 e. The van der Waals surface area contributed by atoms with Crippen LogP contribution < -0.4 is 0 Å². The van der Waals surface area contributed by atoms with Crippen molar-refractivity contribution in [2.45, 2.75) is 219 Å². The molecule has 0 N–H and O–H groups in total. The Kier molecular flexibility index (Phi) is 56.6. The van der Waals surface area contributed by atoms with Gasteiger partial charge < -0.3 is 14.2 Å². The van der Waals surface area contributed by atoms with Crippen molar-refractivity contribution in [1.82, 2.24) is 0 Å². The zero-order valence-electron chi connectivity index (χ0n) is 47.5. The van der Waals surface area contributed by atoms with Crippen molar-refractivity contribution >= 4 is 17.9 Å². The number of allylic oxidation sites excluding steroid dienone is 30. The van der Waals surface area contributed by atoms with Gasteiger partial charge in [0, 0.05) is 19.3 Å². The summed E-state index contributed by atoms with van der Waals surface area (Å²) in [5.41, 5.74) is 0. The number of hydrogen-bond donors (Lipinski definition) is 0. The Hall–Kier alpha value is -5.49. The van der Waals surface area contributed by atoms with Crippen LogP contribution in [0.5, 0.6) is 0 Å². The maximum absolute atomic E-state index is 12.9. The Balaban J connectivity index is 4.63. The second kappa shape index (κ2) is 61.1. The first-order valence-electron chi connectivity index (χ1n) is 29.5. The van der Waals surface area contributed by atoms with Crippen LogP contribution in [-0.4, -0.2) is 37.2 Å². The summed E-state index contributed by atoms with van der Waals surface area (Å²) in [6.45, 7) is 6.25. The van der Waals surface area contributed by atoms with Crippen molar-refractivity contribution < 1.29 is 28.6 Å². The van der Waals surface area contributed by atoms with E-state index in [-0.39, 0.29) is 44.0 Å². The van der Waals surface area contributed by atoms with Gasteiger partial charge in [0.15, 0.2) is 6.10 Å². The van der Waals surface area contributed by atoms with E-state index in [1.165, 1.54) is 89.9 Å². The minimum absolute atomic E-state index is 0.124. The zero-order chi connectivity index (χ0) is 54.3. The van der Waals surface area contributed by atoms with E-state index >= 15 is 0 Å². The monoisotopic (exact) mass is 1030 g/mol. The van der Waals surface area contributed by atoms with Gasteiger partial charge in [0.05, 0.1) is 0 Å². The molecule has 1 atom stereocenters. The molecule has 1 unspecified atom stereocenters. The number of carbonyl (C=O) groups is 3. The molecule has 6 nitrogen and oxygen atoms in total. The van der Waals surface area contributed by atoms with E-state index in [9.17, 15) is 14.4 Å². The summed E-state index contributed by atoms with van der Waals surface area (Å²) in [5, 5.41) is 0. The summed E-state index contributed by atoms with van der Waals surface area (Å²) >= 11 is 0. The highest BCUT2D eigenvalue weighted by atomic mass is 16.6. The molecule has 0 saturated carbocycles. The summed E-state index contributed by atoms with van der Waals surface area (Å²) in [6, 6.07) is 0. The van der Waals surface area contributed by atoms with Crippen LogP contribution in [-0.2, 0) is 28.6 Å². The van der Waals surface area contributed by atoms with Crippen molar-refractivity contribution in [1.29, 1.82) is 0 Å². The number of rotatable bonds is 50. The molecule has 0 aliphatic rings. The van der Waals surface area contributed by atoms with Gasteiger partial charge in [-0.15, -0.1) is 0 Å². The maximum Gasteiger partial charge on any atom is 0.306 e. The average Bonchev–Trinajstić information content (AvgIpc) is 3.41. The van der Waals surface area contributed by atoms with Crippen LogP contribution in [0.4, 0.5) is 0 Å². The van der Waals surface area contributed by atoms with Crippen LogP contribution in [0.3, 0.4) is 0 Å². The van der Waals surface area contributed by atoms with E-state index in [2.05, 4.69) is 57.2 Å². The first kappa shape index (κ1) is 69.5. The fourth-order valence-electron chi connectivity index (χ4n) is 7.40. The molecule has 75 heavy (non-hydrogen) atoms. The molecule has 0 amide bonds. The number of unbranched alkanes of at least 4 members (excludes halogenated alkanes) is 21. The predicted octanol–water partition coefficient (Wildman–Crippen LogP) is 20.1. The second-order valence-electron chi connectivity index (χ2n) is 18.8. The molecule has 0 aromatic heterocycles. The molecule has 0 aliphatic carbocycles. The first-order chi connectivity index (χ1) is 37.0. The van der Waals surface area contributed by atoms with Gasteiger partial charge in [-0.2, -0.15) is 0 Å². The molecule has 0 aliphatic heterocycles. The summed E-state index contributed by atoms with van der Waals surface area (Å²) < 4.78 is 16.8. The standard InChI is InChI=1S/C69H104O6/c1-4-7-10-13-16-19-22-25-28-31-34-37-40-43-46-49-52-55-58-61-67(70)73-64-66(75-69(72)63-60-57-54-51-48-45-42-39-36-33-30-27-24-21-18-15-12-9-6-3)65-74-68(71)62-59-56-53-50-47-44-41-38-35-32-29-26-23-20-17-14-11-8-5-2/h7,9-10,12-13,15-16,18-19,21-22,24-25,27-28,30-37,39-40,42-43,45-46,48,66H,4-6,8,11,14,17,20,23,26,29,38,41,44,47,49-65H2,1-3H3/b10-7-,12-9-,16-13-,18-15-,22-19-,24-21-,28-25-,30-27-,34-31+,35-32-,36-33+,40-37-,42-39-,46-43-,48-45-. The highest BCUT2D eigenvalue weighted by Crippen LogP contribution is 2.14. The summed E-state index contributed by atoms with van der Waals surface area (Å²) in [4.78, 5) is 38.2. The molecule has 0 spiro atoms. The van der Waals surface area contributed by atoms with Crippen molar-refractivity contribution in [2.24, 2.45) is 0 Å². The summed E-state index contributed by atoms with van der Waals surface area (Å²) in [6.07, 6.45) is 91.6. The fourth-order valence-corrected chi connectivity index (χ4v) is 7.40. The molecule has 0 fully saturated rings. The van der Waals surface area contributed by atoms with E-state index in [1.54, 1.807) is 0 Å². The third kappa shape index (κ3) is 59.3. The van der Waals surface area contributed by atoms with Gasteiger partial charge >= 0.3 is 17.9 Å². The molecule has 0 bridgehead atoms. The molecule has 6 heteroatoms. The minimum Gasteiger partial charge on any atom is -0.462 e. The van der Waals surface area contributed by atoms with Gasteiger partial charge in [-0.25, -0.2) is 0 Å². The number of hydrogen-bond acceptors (Lipinski definition) is 6. The van der Waals surface area contributed by atoms with Gasteiger partial charge in [-0.05, 0) is 83.5 Å². The van der Waals surface area contributed by atoms with Crippen molar-refractivity contribution in [3.05, 3.63) is 182 Å². The lowest BCUT2D eigenvalue weighted by molar-refractivity contribution is -0.167. The maximum atomic E-state index is 12.9. The Morgan fingerprint density at radius 2 is 0.533 bits per heavy atom. The van der Waals surface area contributed by atoms with E-state index < -0.39 is 6.10 Å². The fraction of sp³-hybridized carbons (Fsp3) is 0.522. The third-order valence-electron chi connectivity index (χ3n) is 11.8. The van der Waals surface area contributed by atoms with Gasteiger partial charge in [0.1, 0.15) is 13.2 Å². The van der Waals surface area contributed by atoms with E-state index in [1.807, 2.05) is 146 Å². The van der Waals surface area contributed by atoms with Crippen LogP contribution in [0.1, 0.15) is 213 Å². The lowest BCUT2D eigenvalue weighted by atomic mass is 10.1. The molecule has 0 aromatic rings. The number of ether oxygens (including phenoxy) is 3. The van der Waals surface area contributed by atoms with Crippen molar-refractivity contribution in [3.63, 3.8) is 0 Å². The molecule has 416 valence electrons. The lowest BCUT2D eigenvalue weighted by Crippen LogP contribution is -2.30.